The predicted molar refractivity (Wildman–Crippen MR) is 70.6 cm³/mol. The first kappa shape index (κ1) is 11.5. The number of aryl methyl sites for hydroxylation is 2. The Morgan fingerprint density at radius 2 is 1.95 bits per heavy atom. The molecule has 0 bridgehead atoms. The van der Waals surface area contributed by atoms with Gasteiger partial charge in [-0.2, -0.15) is 4.73 Å². The van der Waals surface area contributed by atoms with Crippen molar-refractivity contribution in [2.24, 2.45) is 0 Å². The highest BCUT2D eigenvalue weighted by Gasteiger charge is 2.29. The molecule has 0 fully saturated rings. The van der Waals surface area contributed by atoms with E-state index in [9.17, 15) is 5.21 Å². The Morgan fingerprint density at radius 3 is 2.80 bits per heavy atom. The van der Waals surface area contributed by atoms with E-state index in [4.69, 9.17) is 16.2 Å². The van der Waals surface area contributed by atoms with E-state index in [1.807, 2.05) is 18.2 Å². The van der Waals surface area contributed by atoms with Crippen molar-refractivity contribution >= 4 is 11.6 Å². The summed E-state index contributed by atoms with van der Waals surface area (Å²) >= 11 is 6.16. The third kappa shape index (κ3) is 1.48. The van der Waals surface area contributed by atoms with Crippen molar-refractivity contribution in [3.8, 4) is 22.8 Å². The minimum Gasteiger partial charge on any atom is -0.426 e. The summed E-state index contributed by atoms with van der Waals surface area (Å²) in [6, 6.07) is 7.24. The molecule has 2 aromatic heterocycles. The van der Waals surface area contributed by atoms with Crippen LogP contribution in [0.15, 0.2) is 28.9 Å². The fourth-order valence-electron chi connectivity index (χ4n) is 2.47. The van der Waals surface area contributed by atoms with Gasteiger partial charge in [0.25, 0.3) is 0 Å². The van der Waals surface area contributed by atoms with Crippen LogP contribution in [-0.2, 0) is 12.8 Å². The van der Waals surface area contributed by atoms with E-state index in [1.54, 1.807) is 6.07 Å². The van der Waals surface area contributed by atoms with Crippen LogP contribution >= 0.6 is 11.6 Å². The standard InChI is InChI=1S/C13H9ClN4O2/c14-8-4-2-1-3-7(8)13-15-10-6-5-9-11(17-20-16-9)12(10)18(13)19/h1-4,19H,5-6H2. The van der Waals surface area contributed by atoms with Crippen molar-refractivity contribution in [3.05, 3.63) is 40.7 Å². The second-order valence-corrected chi connectivity index (χ2v) is 4.99. The normalized spacial score (nSPS) is 13.1. The molecule has 0 aliphatic heterocycles. The Hall–Kier alpha value is -2.34. The first-order chi connectivity index (χ1) is 9.75. The van der Waals surface area contributed by atoms with Crippen LogP contribution in [0.5, 0.6) is 0 Å². The zero-order valence-electron chi connectivity index (χ0n) is 10.2. The highest BCUT2D eigenvalue weighted by Crippen LogP contribution is 2.35. The van der Waals surface area contributed by atoms with Crippen molar-refractivity contribution in [2.45, 2.75) is 12.8 Å². The van der Waals surface area contributed by atoms with Crippen LogP contribution in [0.1, 0.15) is 11.4 Å². The molecule has 2 heterocycles. The molecule has 0 amide bonds. The molecule has 7 heteroatoms. The highest BCUT2D eigenvalue weighted by atomic mass is 35.5. The van der Waals surface area contributed by atoms with Gasteiger partial charge in [-0.25, -0.2) is 9.61 Å². The number of rotatable bonds is 1. The molecule has 1 aliphatic rings. The van der Waals surface area contributed by atoms with Crippen LogP contribution in [0.25, 0.3) is 22.8 Å². The topological polar surface area (TPSA) is 77.0 Å². The molecule has 3 aromatic rings. The van der Waals surface area contributed by atoms with E-state index in [2.05, 4.69) is 15.3 Å². The number of benzene rings is 1. The zero-order valence-corrected chi connectivity index (χ0v) is 11.0. The van der Waals surface area contributed by atoms with Crippen LogP contribution in [0.4, 0.5) is 0 Å². The lowest BCUT2D eigenvalue weighted by Crippen LogP contribution is -2.06. The molecule has 100 valence electrons. The Kier molecular flexibility index (Phi) is 2.34. The second kappa shape index (κ2) is 4.08. The van der Waals surface area contributed by atoms with E-state index < -0.39 is 0 Å². The molecule has 0 atom stereocenters. The third-order valence-electron chi connectivity index (χ3n) is 3.42. The molecule has 1 aromatic carbocycles. The lowest BCUT2D eigenvalue weighted by atomic mass is 10.0. The van der Waals surface area contributed by atoms with Crippen LogP contribution in [0.3, 0.4) is 0 Å². The van der Waals surface area contributed by atoms with Crippen LogP contribution < -0.4 is 0 Å². The summed E-state index contributed by atoms with van der Waals surface area (Å²) in [5.41, 5.74) is 3.25. The van der Waals surface area contributed by atoms with Crippen molar-refractivity contribution in [1.29, 1.82) is 0 Å². The highest BCUT2D eigenvalue weighted by molar-refractivity contribution is 6.33. The minimum absolute atomic E-state index is 0.399. The monoisotopic (exact) mass is 288 g/mol. The predicted octanol–water partition coefficient (Wildman–Crippen LogP) is 2.59. The van der Waals surface area contributed by atoms with Gasteiger partial charge in [0.2, 0.25) is 0 Å². The van der Waals surface area contributed by atoms with Crippen molar-refractivity contribution in [1.82, 2.24) is 20.0 Å². The first-order valence-corrected chi connectivity index (χ1v) is 6.51. The van der Waals surface area contributed by atoms with Gasteiger partial charge in [-0.05, 0) is 23.7 Å². The molecule has 4 rings (SSSR count). The molecule has 1 N–H and O–H groups in total. The van der Waals surface area contributed by atoms with Gasteiger partial charge in [0, 0.05) is 12.0 Å². The van der Waals surface area contributed by atoms with Crippen molar-refractivity contribution < 1.29 is 9.84 Å². The maximum absolute atomic E-state index is 10.4. The Morgan fingerprint density at radius 1 is 1.15 bits per heavy atom. The van der Waals surface area contributed by atoms with Gasteiger partial charge in [-0.1, -0.05) is 28.9 Å². The molecule has 0 unspecified atom stereocenters. The Balaban J connectivity index is 1.97. The number of hydrogen-bond donors (Lipinski definition) is 1. The molecule has 1 aliphatic carbocycles. The summed E-state index contributed by atoms with van der Waals surface area (Å²) in [4.78, 5) is 4.48. The molecule has 6 nitrogen and oxygen atoms in total. The third-order valence-corrected chi connectivity index (χ3v) is 3.75. The zero-order chi connectivity index (χ0) is 13.7. The summed E-state index contributed by atoms with van der Waals surface area (Å²) in [6.45, 7) is 0. The molecule has 0 radical (unpaired) electrons. The lowest BCUT2D eigenvalue weighted by Gasteiger charge is -2.08. The summed E-state index contributed by atoms with van der Waals surface area (Å²) in [5, 5.41) is 18.6. The fraction of sp³-hybridized carbons (Fsp3) is 0.154. The van der Waals surface area contributed by atoms with Gasteiger partial charge in [0.1, 0.15) is 11.4 Å². The quantitative estimate of drug-likeness (QED) is 0.696. The molecular formula is C13H9ClN4O2. The minimum atomic E-state index is 0.399. The van der Waals surface area contributed by atoms with Crippen molar-refractivity contribution in [3.63, 3.8) is 0 Å². The number of aromatic nitrogens is 4. The molecular weight excluding hydrogens is 280 g/mol. The summed E-state index contributed by atoms with van der Waals surface area (Å²) in [5.74, 6) is 0.399. The maximum Gasteiger partial charge on any atom is 0.177 e. The number of imidazole rings is 1. The number of halogens is 1. The van der Waals surface area contributed by atoms with E-state index in [0.717, 1.165) is 16.1 Å². The van der Waals surface area contributed by atoms with Gasteiger partial charge in [0.05, 0.1) is 10.7 Å². The molecule has 0 spiro atoms. The first-order valence-electron chi connectivity index (χ1n) is 6.13. The SMILES string of the molecule is On1c(-c2ccccc2Cl)nc2c1-c1nonc1CC2. The number of fused-ring (bicyclic) bond motifs is 3. The van der Waals surface area contributed by atoms with Gasteiger partial charge in [0.15, 0.2) is 11.5 Å². The Bertz CT molecular complexity index is 809. The van der Waals surface area contributed by atoms with Crippen LogP contribution in [0, 0.1) is 0 Å². The number of nitrogens with zero attached hydrogens (tertiary/aromatic N) is 4. The van der Waals surface area contributed by atoms with E-state index in [-0.39, 0.29) is 0 Å². The lowest BCUT2D eigenvalue weighted by molar-refractivity contribution is 0.194. The van der Waals surface area contributed by atoms with E-state index in [1.165, 1.54) is 0 Å². The maximum atomic E-state index is 10.4. The largest absolute Gasteiger partial charge is 0.426 e. The van der Waals surface area contributed by atoms with Gasteiger partial charge in [-0.15, -0.1) is 0 Å². The molecule has 0 saturated carbocycles. The summed E-state index contributed by atoms with van der Waals surface area (Å²) in [6.07, 6.45) is 1.38. The summed E-state index contributed by atoms with van der Waals surface area (Å²) < 4.78 is 5.75. The molecule has 0 saturated heterocycles. The van der Waals surface area contributed by atoms with Crippen molar-refractivity contribution in [2.75, 3.05) is 0 Å². The average Bonchev–Trinajstić information content (AvgIpc) is 3.04. The van der Waals surface area contributed by atoms with Gasteiger partial charge < -0.3 is 5.21 Å². The second-order valence-electron chi connectivity index (χ2n) is 4.58. The Labute approximate surface area is 118 Å². The summed E-state index contributed by atoms with van der Waals surface area (Å²) in [7, 11) is 0. The smallest absolute Gasteiger partial charge is 0.177 e. The van der Waals surface area contributed by atoms with Crippen LogP contribution in [-0.4, -0.2) is 25.2 Å². The average molecular weight is 289 g/mol. The van der Waals surface area contributed by atoms with E-state index >= 15 is 0 Å². The van der Waals surface area contributed by atoms with Gasteiger partial charge >= 0.3 is 0 Å². The van der Waals surface area contributed by atoms with Gasteiger partial charge in [-0.3, -0.25) is 0 Å². The van der Waals surface area contributed by atoms with Crippen LogP contribution in [0.2, 0.25) is 5.02 Å². The fourth-order valence-corrected chi connectivity index (χ4v) is 2.69. The number of hydrogen-bond acceptors (Lipinski definition) is 5. The van der Waals surface area contributed by atoms with E-state index in [0.29, 0.717) is 40.6 Å². The molecule has 20 heavy (non-hydrogen) atoms.